The van der Waals surface area contributed by atoms with Crippen LogP contribution in [0.5, 0.6) is 0 Å². The Bertz CT molecular complexity index is 216. The maximum Gasteiger partial charge on any atom is 0.223 e. The molecule has 3 heteroatoms. The van der Waals surface area contributed by atoms with Gasteiger partial charge in [0.25, 0.3) is 0 Å². The molecule has 0 aliphatic rings. The van der Waals surface area contributed by atoms with E-state index in [0.29, 0.717) is 0 Å². The molecule has 15 heavy (non-hydrogen) atoms. The zero-order valence-corrected chi connectivity index (χ0v) is 10.8. The van der Waals surface area contributed by atoms with Gasteiger partial charge in [-0.25, -0.2) is 0 Å². The summed E-state index contributed by atoms with van der Waals surface area (Å²) < 4.78 is 0. The molecule has 1 atom stereocenters. The van der Waals surface area contributed by atoms with Gasteiger partial charge >= 0.3 is 0 Å². The highest BCUT2D eigenvalue weighted by Gasteiger charge is 2.36. The Morgan fingerprint density at radius 2 is 1.80 bits per heavy atom. The summed E-state index contributed by atoms with van der Waals surface area (Å²) in [6, 6.07) is 0. The average molecular weight is 215 g/mol. The predicted molar refractivity (Wildman–Crippen MR) is 62.6 cm³/mol. The molecule has 0 fully saturated rings. The first-order valence-corrected chi connectivity index (χ1v) is 5.66. The number of hydrogen-bond donors (Lipinski definition) is 2. The van der Waals surface area contributed by atoms with E-state index in [2.05, 4.69) is 12.2 Å². The third kappa shape index (κ3) is 4.20. The van der Waals surface area contributed by atoms with Gasteiger partial charge in [0.05, 0.1) is 11.1 Å². The zero-order chi connectivity index (χ0) is 12.3. The van der Waals surface area contributed by atoms with Crippen LogP contribution in [-0.4, -0.2) is 22.2 Å². The van der Waals surface area contributed by atoms with Crippen molar-refractivity contribution in [3.8, 4) is 0 Å². The molecule has 0 aromatic carbocycles. The summed E-state index contributed by atoms with van der Waals surface area (Å²) in [7, 11) is 0. The SMILES string of the molecule is CCCC(C)C(=O)NC(C)(C)C(C)(C)O. The third-order valence-electron chi connectivity index (χ3n) is 3.13. The second-order valence-corrected chi connectivity index (χ2v) is 5.36. The highest BCUT2D eigenvalue weighted by Crippen LogP contribution is 2.21. The van der Waals surface area contributed by atoms with Gasteiger partial charge in [0.2, 0.25) is 5.91 Å². The van der Waals surface area contributed by atoms with Gasteiger partial charge in [-0.05, 0) is 34.1 Å². The number of amides is 1. The van der Waals surface area contributed by atoms with Crippen LogP contribution >= 0.6 is 0 Å². The Balaban J connectivity index is 4.41. The highest BCUT2D eigenvalue weighted by molar-refractivity contribution is 5.79. The van der Waals surface area contributed by atoms with Gasteiger partial charge in [-0.2, -0.15) is 0 Å². The topological polar surface area (TPSA) is 49.3 Å². The van der Waals surface area contributed by atoms with Gasteiger partial charge in [0, 0.05) is 5.92 Å². The molecule has 3 nitrogen and oxygen atoms in total. The molecule has 0 saturated heterocycles. The van der Waals surface area contributed by atoms with Crippen molar-refractivity contribution in [3.05, 3.63) is 0 Å². The Hall–Kier alpha value is -0.570. The molecule has 0 aromatic heterocycles. The van der Waals surface area contributed by atoms with Crippen LogP contribution in [0.15, 0.2) is 0 Å². The Morgan fingerprint density at radius 3 is 2.13 bits per heavy atom. The molecule has 0 heterocycles. The molecule has 2 N–H and O–H groups in total. The van der Waals surface area contributed by atoms with Gasteiger partial charge in [-0.3, -0.25) is 4.79 Å². The molecule has 1 unspecified atom stereocenters. The fourth-order valence-electron chi connectivity index (χ4n) is 1.15. The van der Waals surface area contributed by atoms with Gasteiger partial charge in [0.15, 0.2) is 0 Å². The molecular weight excluding hydrogens is 190 g/mol. The largest absolute Gasteiger partial charge is 0.388 e. The van der Waals surface area contributed by atoms with Crippen LogP contribution in [0.4, 0.5) is 0 Å². The van der Waals surface area contributed by atoms with Crippen LogP contribution in [0.25, 0.3) is 0 Å². The van der Waals surface area contributed by atoms with E-state index in [4.69, 9.17) is 0 Å². The van der Waals surface area contributed by atoms with E-state index in [9.17, 15) is 9.90 Å². The van der Waals surface area contributed by atoms with E-state index in [1.165, 1.54) is 0 Å². The van der Waals surface area contributed by atoms with Crippen molar-refractivity contribution in [2.24, 2.45) is 5.92 Å². The van der Waals surface area contributed by atoms with Crippen LogP contribution in [0.1, 0.15) is 54.4 Å². The van der Waals surface area contributed by atoms with Gasteiger partial charge in [-0.15, -0.1) is 0 Å². The molecule has 0 spiro atoms. The van der Waals surface area contributed by atoms with Crippen LogP contribution < -0.4 is 5.32 Å². The fourth-order valence-corrected chi connectivity index (χ4v) is 1.15. The van der Waals surface area contributed by atoms with Crippen LogP contribution in [-0.2, 0) is 4.79 Å². The van der Waals surface area contributed by atoms with Gasteiger partial charge in [-0.1, -0.05) is 20.3 Å². The summed E-state index contributed by atoms with van der Waals surface area (Å²) in [6.45, 7) is 11.1. The molecule has 0 rings (SSSR count). The zero-order valence-electron chi connectivity index (χ0n) is 10.8. The second kappa shape index (κ2) is 4.97. The normalized spacial score (nSPS) is 14.9. The second-order valence-electron chi connectivity index (χ2n) is 5.36. The Kier molecular flexibility index (Phi) is 4.78. The van der Waals surface area contributed by atoms with Crippen molar-refractivity contribution >= 4 is 5.91 Å². The number of nitrogens with one attached hydrogen (secondary N) is 1. The lowest BCUT2D eigenvalue weighted by Crippen LogP contribution is -2.58. The summed E-state index contributed by atoms with van der Waals surface area (Å²) in [6.07, 6.45) is 1.88. The molecular formula is C12H25NO2. The molecule has 90 valence electrons. The summed E-state index contributed by atoms with van der Waals surface area (Å²) in [5, 5.41) is 12.8. The fraction of sp³-hybridized carbons (Fsp3) is 0.917. The minimum Gasteiger partial charge on any atom is -0.388 e. The maximum absolute atomic E-state index is 11.8. The van der Waals surface area contributed by atoms with E-state index >= 15 is 0 Å². The lowest BCUT2D eigenvalue weighted by molar-refractivity contribution is -0.129. The van der Waals surface area contributed by atoms with Gasteiger partial charge in [0.1, 0.15) is 0 Å². The summed E-state index contributed by atoms with van der Waals surface area (Å²) in [5.41, 5.74) is -1.53. The van der Waals surface area contributed by atoms with Crippen LogP contribution in [0.2, 0.25) is 0 Å². The average Bonchev–Trinajstić information content (AvgIpc) is 2.01. The van der Waals surface area contributed by atoms with Crippen molar-refractivity contribution in [2.45, 2.75) is 65.5 Å². The Labute approximate surface area is 93.3 Å². The quantitative estimate of drug-likeness (QED) is 0.737. The lowest BCUT2D eigenvalue weighted by Gasteiger charge is -2.38. The number of carbonyl (C=O) groups excluding carboxylic acids is 1. The van der Waals surface area contributed by atoms with Crippen molar-refractivity contribution in [2.75, 3.05) is 0 Å². The van der Waals surface area contributed by atoms with Crippen LogP contribution in [0.3, 0.4) is 0 Å². The first-order valence-electron chi connectivity index (χ1n) is 5.66. The third-order valence-corrected chi connectivity index (χ3v) is 3.13. The molecule has 0 bridgehead atoms. The smallest absolute Gasteiger partial charge is 0.223 e. The molecule has 0 aliphatic heterocycles. The predicted octanol–water partition coefficient (Wildman–Crippen LogP) is 2.09. The molecule has 0 saturated carbocycles. The first kappa shape index (κ1) is 14.4. The monoisotopic (exact) mass is 215 g/mol. The number of aliphatic hydroxyl groups is 1. The molecule has 0 aliphatic carbocycles. The van der Waals surface area contributed by atoms with Gasteiger partial charge < -0.3 is 10.4 Å². The van der Waals surface area contributed by atoms with E-state index in [1.807, 2.05) is 20.8 Å². The molecule has 0 aromatic rings. The van der Waals surface area contributed by atoms with E-state index < -0.39 is 11.1 Å². The first-order chi connectivity index (χ1) is 6.62. The Morgan fingerprint density at radius 1 is 1.33 bits per heavy atom. The molecule has 0 radical (unpaired) electrons. The van der Waals surface area contributed by atoms with Crippen molar-refractivity contribution < 1.29 is 9.90 Å². The lowest BCUT2D eigenvalue weighted by atomic mass is 9.85. The highest BCUT2D eigenvalue weighted by atomic mass is 16.3. The van der Waals surface area contributed by atoms with E-state index in [-0.39, 0.29) is 11.8 Å². The van der Waals surface area contributed by atoms with Crippen molar-refractivity contribution in [1.82, 2.24) is 5.32 Å². The van der Waals surface area contributed by atoms with E-state index in [0.717, 1.165) is 12.8 Å². The number of hydrogen-bond acceptors (Lipinski definition) is 2. The van der Waals surface area contributed by atoms with Crippen molar-refractivity contribution in [3.63, 3.8) is 0 Å². The van der Waals surface area contributed by atoms with Crippen LogP contribution in [0, 0.1) is 5.92 Å². The summed E-state index contributed by atoms with van der Waals surface area (Å²) in [4.78, 5) is 11.8. The summed E-state index contributed by atoms with van der Waals surface area (Å²) in [5.74, 6) is 0.0283. The number of carbonyl (C=O) groups is 1. The minimum absolute atomic E-state index is 0.0108. The summed E-state index contributed by atoms with van der Waals surface area (Å²) >= 11 is 0. The maximum atomic E-state index is 11.8. The number of rotatable bonds is 5. The minimum atomic E-state index is -0.922. The van der Waals surface area contributed by atoms with Crippen molar-refractivity contribution in [1.29, 1.82) is 0 Å². The van der Waals surface area contributed by atoms with E-state index in [1.54, 1.807) is 13.8 Å². The standard InChI is InChI=1S/C12H25NO2/c1-7-8-9(2)10(14)13-11(3,4)12(5,6)15/h9,15H,7-8H2,1-6H3,(H,13,14). The molecule has 1 amide bonds.